The number of halogens is 1. The van der Waals surface area contributed by atoms with E-state index >= 15 is 0 Å². The molecule has 0 fully saturated rings. The van der Waals surface area contributed by atoms with E-state index in [2.05, 4.69) is 10.0 Å². The molecule has 1 aromatic heterocycles. The predicted octanol–water partition coefficient (Wildman–Crippen LogP) is 2.67. The number of nitrogens with one attached hydrogen (secondary N) is 2. The molecule has 0 radical (unpaired) electrons. The van der Waals surface area contributed by atoms with Crippen LogP contribution in [0.2, 0.25) is 5.02 Å². The second-order valence-electron chi connectivity index (χ2n) is 5.78. The summed E-state index contributed by atoms with van der Waals surface area (Å²) in [5.74, 6) is -0.324. The third-order valence-corrected chi connectivity index (χ3v) is 5.99. The van der Waals surface area contributed by atoms with Crippen molar-refractivity contribution >= 4 is 38.4 Å². The number of para-hydroxylation sites is 1. The lowest BCUT2D eigenvalue weighted by atomic mass is 10.2. The molecule has 0 atom stereocenters. The number of aryl methyl sites for hydroxylation is 1. The first-order chi connectivity index (χ1) is 12.3. The van der Waals surface area contributed by atoms with Gasteiger partial charge >= 0.3 is 0 Å². The number of nitrogens with zero attached hydrogens (tertiary/aromatic N) is 1. The van der Waals surface area contributed by atoms with Crippen LogP contribution in [-0.2, 0) is 23.6 Å². The molecule has 0 aliphatic heterocycles. The van der Waals surface area contributed by atoms with Gasteiger partial charge in [-0.2, -0.15) is 0 Å². The Morgan fingerprint density at radius 2 is 1.88 bits per heavy atom. The average molecular weight is 392 g/mol. The number of hydrogen-bond acceptors (Lipinski definition) is 3. The lowest BCUT2D eigenvalue weighted by molar-refractivity contribution is 0.0943. The van der Waals surface area contributed by atoms with Crippen molar-refractivity contribution < 1.29 is 13.2 Å². The summed E-state index contributed by atoms with van der Waals surface area (Å²) >= 11 is 6.37. The van der Waals surface area contributed by atoms with E-state index in [1.807, 2.05) is 24.3 Å². The minimum atomic E-state index is -3.53. The van der Waals surface area contributed by atoms with Gasteiger partial charge in [0.1, 0.15) is 5.69 Å². The fourth-order valence-corrected chi connectivity index (χ4v) is 3.98. The van der Waals surface area contributed by atoms with Gasteiger partial charge in [-0.1, -0.05) is 41.9 Å². The van der Waals surface area contributed by atoms with Gasteiger partial charge in [0.2, 0.25) is 10.0 Å². The number of sulfonamides is 1. The highest BCUT2D eigenvalue weighted by Crippen LogP contribution is 2.29. The summed E-state index contributed by atoms with van der Waals surface area (Å²) in [7, 11) is -0.396. The van der Waals surface area contributed by atoms with Gasteiger partial charge in [0, 0.05) is 24.5 Å². The number of carbonyl (C=O) groups is 1. The minimum absolute atomic E-state index is 0.148. The summed E-state index contributed by atoms with van der Waals surface area (Å²) in [6.45, 7) is 0.184. The largest absolute Gasteiger partial charge is 0.347 e. The standard InChI is InChI=1S/C18H18ClN3O3S/c1-20-26(24,25)13-7-5-6-12(10-13)11-21-18(23)17-16(19)14-8-3-4-9-15(14)22(17)2/h3-10,20H,11H2,1-2H3,(H,21,23). The molecule has 0 bridgehead atoms. The van der Waals surface area contributed by atoms with Gasteiger partial charge in [0.05, 0.1) is 9.92 Å². The molecule has 1 amide bonds. The molecule has 0 aliphatic carbocycles. The van der Waals surface area contributed by atoms with E-state index in [1.165, 1.54) is 19.2 Å². The molecule has 6 nitrogen and oxygen atoms in total. The van der Waals surface area contributed by atoms with Gasteiger partial charge in [-0.3, -0.25) is 4.79 Å². The molecule has 1 heterocycles. The van der Waals surface area contributed by atoms with Crippen molar-refractivity contribution in [2.45, 2.75) is 11.4 Å². The Morgan fingerprint density at radius 1 is 1.15 bits per heavy atom. The topological polar surface area (TPSA) is 80.2 Å². The molecular weight excluding hydrogens is 374 g/mol. The Morgan fingerprint density at radius 3 is 2.58 bits per heavy atom. The second kappa shape index (κ2) is 7.11. The monoisotopic (exact) mass is 391 g/mol. The maximum absolute atomic E-state index is 12.6. The average Bonchev–Trinajstić information content (AvgIpc) is 2.91. The highest BCUT2D eigenvalue weighted by Gasteiger charge is 2.19. The summed E-state index contributed by atoms with van der Waals surface area (Å²) in [4.78, 5) is 12.8. The quantitative estimate of drug-likeness (QED) is 0.701. The molecule has 0 saturated heterocycles. The number of benzene rings is 2. The maximum Gasteiger partial charge on any atom is 0.269 e. The molecule has 26 heavy (non-hydrogen) atoms. The molecule has 0 spiro atoms. The van der Waals surface area contributed by atoms with Crippen molar-refractivity contribution in [2.75, 3.05) is 7.05 Å². The lowest BCUT2D eigenvalue weighted by Gasteiger charge is -2.09. The summed E-state index contributed by atoms with van der Waals surface area (Å²) in [5, 5.41) is 4.00. The van der Waals surface area contributed by atoms with Crippen LogP contribution < -0.4 is 10.0 Å². The Labute approximate surface area is 156 Å². The number of carbonyl (C=O) groups excluding carboxylic acids is 1. The molecule has 3 rings (SSSR count). The van der Waals surface area contributed by atoms with Gasteiger partial charge in [-0.05, 0) is 30.8 Å². The van der Waals surface area contributed by atoms with Crippen LogP contribution in [0.3, 0.4) is 0 Å². The van der Waals surface area contributed by atoms with Crippen molar-refractivity contribution in [3.05, 3.63) is 64.8 Å². The predicted molar refractivity (Wildman–Crippen MR) is 102 cm³/mol. The van der Waals surface area contributed by atoms with E-state index in [0.29, 0.717) is 16.3 Å². The van der Waals surface area contributed by atoms with Crippen molar-refractivity contribution in [1.29, 1.82) is 0 Å². The summed E-state index contributed by atoms with van der Waals surface area (Å²) in [6, 6.07) is 13.9. The van der Waals surface area contributed by atoms with E-state index in [4.69, 9.17) is 11.6 Å². The molecule has 0 aliphatic rings. The normalized spacial score (nSPS) is 11.7. The van der Waals surface area contributed by atoms with Crippen LogP contribution in [0.1, 0.15) is 16.1 Å². The first kappa shape index (κ1) is 18.4. The molecule has 2 N–H and O–H groups in total. The molecule has 136 valence electrons. The van der Waals surface area contributed by atoms with Gasteiger partial charge in [-0.15, -0.1) is 0 Å². The number of rotatable bonds is 5. The van der Waals surface area contributed by atoms with Crippen LogP contribution in [-0.4, -0.2) is 25.9 Å². The lowest BCUT2D eigenvalue weighted by Crippen LogP contribution is -2.25. The molecule has 0 unspecified atom stereocenters. The number of aromatic nitrogens is 1. The van der Waals surface area contributed by atoms with Crippen molar-refractivity contribution in [3.8, 4) is 0 Å². The van der Waals surface area contributed by atoms with Crippen molar-refractivity contribution in [2.24, 2.45) is 7.05 Å². The smallest absolute Gasteiger partial charge is 0.269 e. The van der Waals surface area contributed by atoms with Crippen molar-refractivity contribution in [1.82, 2.24) is 14.6 Å². The third kappa shape index (κ3) is 3.33. The third-order valence-electron chi connectivity index (χ3n) is 4.19. The zero-order chi connectivity index (χ0) is 18.9. The highest BCUT2D eigenvalue weighted by atomic mass is 35.5. The van der Waals surface area contributed by atoms with Crippen LogP contribution in [0.25, 0.3) is 10.9 Å². The fraction of sp³-hybridized carbons (Fsp3) is 0.167. The Balaban J connectivity index is 1.83. The van der Waals surface area contributed by atoms with Gasteiger partial charge in [0.15, 0.2) is 0 Å². The van der Waals surface area contributed by atoms with Crippen LogP contribution >= 0.6 is 11.6 Å². The van der Waals surface area contributed by atoms with E-state index < -0.39 is 10.0 Å². The van der Waals surface area contributed by atoms with Crippen LogP contribution in [0.4, 0.5) is 0 Å². The summed E-state index contributed by atoms with van der Waals surface area (Å²) < 4.78 is 27.8. The number of hydrogen-bond donors (Lipinski definition) is 2. The highest BCUT2D eigenvalue weighted by molar-refractivity contribution is 7.89. The molecule has 3 aromatic rings. The Hall–Kier alpha value is -2.35. The molecular formula is C18H18ClN3O3S. The first-order valence-electron chi connectivity index (χ1n) is 7.88. The number of amides is 1. The first-order valence-corrected chi connectivity index (χ1v) is 9.75. The summed E-state index contributed by atoms with van der Waals surface area (Å²) in [6.07, 6.45) is 0. The van der Waals surface area contributed by atoms with Crippen LogP contribution in [0, 0.1) is 0 Å². The SMILES string of the molecule is CNS(=O)(=O)c1cccc(CNC(=O)c2c(Cl)c3ccccc3n2C)c1. The van der Waals surface area contributed by atoms with E-state index in [9.17, 15) is 13.2 Å². The molecule has 2 aromatic carbocycles. The Bertz CT molecular complexity index is 1050. The van der Waals surface area contributed by atoms with Crippen molar-refractivity contribution in [3.63, 3.8) is 0 Å². The van der Waals surface area contributed by atoms with E-state index in [-0.39, 0.29) is 17.3 Å². The van der Waals surface area contributed by atoms with Crippen LogP contribution in [0.5, 0.6) is 0 Å². The summed E-state index contributed by atoms with van der Waals surface area (Å²) in [5.41, 5.74) is 1.90. The zero-order valence-corrected chi connectivity index (χ0v) is 15.9. The maximum atomic E-state index is 12.6. The van der Waals surface area contributed by atoms with Gasteiger partial charge < -0.3 is 9.88 Å². The second-order valence-corrected chi connectivity index (χ2v) is 8.04. The fourth-order valence-electron chi connectivity index (χ4n) is 2.81. The van der Waals surface area contributed by atoms with Gasteiger partial charge in [0.25, 0.3) is 5.91 Å². The van der Waals surface area contributed by atoms with Crippen LogP contribution in [0.15, 0.2) is 53.4 Å². The van der Waals surface area contributed by atoms with E-state index in [0.717, 1.165) is 10.9 Å². The van der Waals surface area contributed by atoms with E-state index in [1.54, 1.807) is 23.7 Å². The zero-order valence-electron chi connectivity index (χ0n) is 14.3. The molecule has 8 heteroatoms. The molecule has 0 saturated carbocycles. The minimum Gasteiger partial charge on any atom is -0.347 e. The van der Waals surface area contributed by atoms with Gasteiger partial charge in [-0.25, -0.2) is 13.1 Å². The number of fused-ring (bicyclic) bond motifs is 1. The Kier molecular flexibility index (Phi) is 5.04.